The summed E-state index contributed by atoms with van der Waals surface area (Å²) >= 11 is 0.149. The molecule has 2 nitrogen and oxygen atoms in total. The number of carboxylic acids is 1. The van der Waals surface area contributed by atoms with Crippen LogP contribution in [0.1, 0.15) is 79.1 Å². The predicted octanol–water partition coefficient (Wildman–Crippen LogP) is 5.41. The Kier molecular flexibility index (Phi) is 20.7. The van der Waals surface area contributed by atoms with Gasteiger partial charge in [0.2, 0.25) is 0 Å². The van der Waals surface area contributed by atoms with Gasteiger partial charge in [0.1, 0.15) is 0 Å². The summed E-state index contributed by atoms with van der Waals surface area (Å²) in [6.07, 6.45) is 9.18. The van der Waals surface area contributed by atoms with E-state index in [1.165, 1.54) is 25.7 Å². The van der Waals surface area contributed by atoms with E-state index in [1.54, 1.807) is 8.87 Å². The van der Waals surface area contributed by atoms with Crippen LogP contribution in [0.15, 0.2) is 0 Å². The maximum atomic E-state index is 10.0. The summed E-state index contributed by atoms with van der Waals surface area (Å²) in [5.74, 6) is 0.0255. The molecule has 0 aromatic carbocycles. The molecule has 114 valence electrons. The fourth-order valence-corrected chi connectivity index (χ4v) is 5.72. The second-order valence-corrected chi connectivity index (χ2v) is 9.77. The molecule has 0 atom stereocenters. The van der Waals surface area contributed by atoms with Gasteiger partial charge in [0.15, 0.2) is 0 Å². The number of carboxylic acid groups (broad SMARTS) is 1. The standard InChI is InChI=1S/C8H16O2.2C4H9.Sn/c1-7(2)5-3-4-6-8(9)10;2*1-3-4-2;/h7H,3-6H2,1-2H3,(H,9,10);2*1,3-4H2,2H3;. The number of unbranched alkanes of at least 4 members (excludes halogenated alkanes) is 3. The minimum absolute atomic E-state index is 0.149. The molecule has 0 aliphatic heterocycles. The molecule has 1 N–H and O–H groups in total. The Morgan fingerprint density at radius 3 is 1.89 bits per heavy atom. The first-order chi connectivity index (χ1) is 9.04. The first kappa shape index (κ1) is 21.6. The Labute approximate surface area is 131 Å². The summed E-state index contributed by atoms with van der Waals surface area (Å²) in [5.41, 5.74) is 0. The van der Waals surface area contributed by atoms with Crippen LogP contribution in [-0.4, -0.2) is 32.2 Å². The summed E-state index contributed by atoms with van der Waals surface area (Å²) in [4.78, 5) is 10.0. The van der Waals surface area contributed by atoms with E-state index in [0.29, 0.717) is 12.3 Å². The second-order valence-electron chi connectivity index (χ2n) is 5.49. The Hall–Kier alpha value is 0.269. The average molecular weight is 377 g/mol. The summed E-state index contributed by atoms with van der Waals surface area (Å²) in [6.45, 7) is 8.89. The first-order valence-electron chi connectivity index (χ1n) is 7.97. The van der Waals surface area contributed by atoms with Crippen LogP contribution in [0.4, 0.5) is 0 Å². The molecule has 0 aliphatic rings. The van der Waals surface area contributed by atoms with Gasteiger partial charge < -0.3 is 5.11 Å². The van der Waals surface area contributed by atoms with Gasteiger partial charge in [-0.05, 0) is 12.3 Å². The monoisotopic (exact) mass is 378 g/mol. The van der Waals surface area contributed by atoms with Crippen LogP contribution in [0.3, 0.4) is 0 Å². The topological polar surface area (TPSA) is 37.3 Å². The molecule has 0 aromatic heterocycles. The minimum atomic E-state index is -0.677. The van der Waals surface area contributed by atoms with Crippen LogP contribution in [0.25, 0.3) is 0 Å². The predicted molar refractivity (Wildman–Crippen MR) is 86.1 cm³/mol. The van der Waals surface area contributed by atoms with Crippen molar-refractivity contribution in [3.8, 4) is 0 Å². The zero-order valence-corrected chi connectivity index (χ0v) is 16.4. The third-order valence-electron chi connectivity index (χ3n) is 2.84. The van der Waals surface area contributed by atoms with E-state index < -0.39 is 5.97 Å². The molecule has 0 spiro atoms. The molecular weight excluding hydrogens is 343 g/mol. The average Bonchev–Trinajstić information content (AvgIpc) is 2.35. The summed E-state index contributed by atoms with van der Waals surface area (Å²) in [5, 5.41) is 8.28. The molecule has 19 heavy (non-hydrogen) atoms. The molecule has 0 saturated heterocycles. The Balaban J connectivity index is 0. The van der Waals surface area contributed by atoms with Gasteiger partial charge in [-0.1, -0.05) is 26.7 Å². The molecule has 0 bridgehead atoms. The van der Waals surface area contributed by atoms with Gasteiger partial charge in [-0.3, -0.25) is 4.79 Å². The van der Waals surface area contributed by atoms with E-state index in [9.17, 15) is 4.79 Å². The Morgan fingerprint density at radius 2 is 1.53 bits per heavy atom. The van der Waals surface area contributed by atoms with Gasteiger partial charge >= 0.3 is 75.5 Å². The Bertz CT molecular complexity index is 176. The molecule has 2 radical (unpaired) electrons. The maximum absolute atomic E-state index is 10.0. The van der Waals surface area contributed by atoms with E-state index >= 15 is 0 Å². The zero-order valence-electron chi connectivity index (χ0n) is 13.5. The number of aliphatic carboxylic acids is 1. The quantitative estimate of drug-likeness (QED) is 0.386. The van der Waals surface area contributed by atoms with Crippen molar-refractivity contribution in [2.75, 3.05) is 0 Å². The zero-order chi connectivity index (χ0) is 14.9. The normalized spacial score (nSPS) is 10.2. The molecule has 0 aromatic rings. The van der Waals surface area contributed by atoms with Gasteiger partial charge in [-0.25, -0.2) is 0 Å². The van der Waals surface area contributed by atoms with Crippen molar-refractivity contribution in [3.63, 3.8) is 0 Å². The molecule has 0 aliphatic carbocycles. The number of hydrogen-bond acceptors (Lipinski definition) is 1. The SMILES string of the molecule is CC(C)CCCCC(=O)O.CCC[CH2][Sn][CH2]CCC. The molecule has 0 rings (SSSR count). The van der Waals surface area contributed by atoms with Crippen molar-refractivity contribution in [1.29, 1.82) is 0 Å². The Morgan fingerprint density at radius 1 is 1.00 bits per heavy atom. The molecule has 0 amide bonds. The summed E-state index contributed by atoms with van der Waals surface area (Å²) in [6, 6.07) is 0. The van der Waals surface area contributed by atoms with Crippen LogP contribution < -0.4 is 0 Å². The summed E-state index contributed by atoms with van der Waals surface area (Å²) < 4.78 is 3.25. The molecular formula is C16H34O2Sn. The fraction of sp³-hybridized carbons (Fsp3) is 0.938. The van der Waals surface area contributed by atoms with E-state index in [-0.39, 0.29) is 21.1 Å². The summed E-state index contributed by atoms with van der Waals surface area (Å²) in [7, 11) is 0. The van der Waals surface area contributed by atoms with E-state index in [0.717, 1.165) is 19.3 Å². The number of carbonyl (C=O) groups is 1. The molecule has 0 heterocycles. The molecule has 3 heteroatoms. The first-order valence-corrected chi connectivity index (χ1v) is 12.0. The van der Waals surface area contributed by atoms with Gasteiger partial charge in [-0.2, -0.15) is 0 Å². The molecule has 0 unspecified atom stereocenters. The van der Waals surface area contributed by atoms with Crippen LogP contribution in [-0.2, 0) is 4.79 Å². The van der Waals surface area contributed by atoms with Crippen LogP contribution >= 0.6 is 0 Å². The third-order valence-corrected chi connectivity index (χ3v) is 6.87. The van der Waals surface area contributed by atoms with Crippen molar-refractivity contribution in [2.45, 2.75) is 87.9 Å². The van der Waals surface area contributed by atoms with Crippen molar-refractivity contribution >= 4 is 27.1 Å². The van der Waals surface area contributed by atoms with Gasteiger partial charge in [-0.15, -0.1) is 0 Å². The molecule has 0 fully saturated rings. The van der Waals surface area contributed by atoms with Crippen molar-refractivity contribution in [1.82, 2.24) is 0 Å². The van der Waals surface area contributed by atoms with E-state index in [4.69, 9.17) is 5.11 Å². The number of hydrogen-bond donors (Lipinski definition) is 1. The van der Waals surface area contributed by atoms with E-state index in [1.807, 2.05) is 0 Å². The van der Waals surface area contributed by atoms with Gasteiger partial charge in [0, 0.05) is 6.42 Å². The molecule has 0 saturated carbocycles. The van der Waals surface area contributed by atoms with Gasteiger partial charge in [0.25, 0.3) is 0 Å². The van der Waals surface area contributed by atoms with Crippen molar-refractivity contribution in [2.24, 2.45) is 5.92 Å². The van der Waals surface area contributed by atoms with Crippen molar-refractivity contribution in [3.05, 3.63) is 0 Å². The van der Waals surface area contributed by atoms with Crippen molar-refractivity contribution < 1.29 is 9.90 Å². The third kappa shape index (κ3) is 27.5. The van der Waals surface area contributed by atoms with E-state index in [2.05, 4.69) is 27.7 Å². The second kappa shape index (κ2) is 18.3. The van der Waals surface area contributed by atoms with Crippen LogP contribution in [0, 0.1) is 5.92 Å². The van der Waals surface area contributed by atoms with Crippen LogP contribution in [0.2, 0.25) is 8.87 Å². The fourth-order valence-electron chi connectivity index (χ4n) is 1.56. The number of rotatable bonds is 11. The van der Waals surface area contributed by atoms with Gasteiger partial charge in [0.05, 0.1) is 0 Å². The van der Waals surface area contributed by atoms with Crippen LogP contribution in [0.5, 0.6) is 0 Å².